The van der Waals surface area contributed by atoms with Crippen LogP contribution in [0.25, 0.3) is 0 Å². The monoisotopic (exact) mass is 229 g/mol. The predicted octanol–water partition coefficient (Wildman–Crippen LogP) is -0.0172. The van der Waals surface area contributed by atoms with E-state index in [2.05, 4.69) is 36.1 Å². The summed E-state index contributed by atoms with van der Waals surface area (Å²) in [5, 5.41) is 13.0. The molecule has 16 heavy (non-hydrogen) atoms. The molecule has 0 aromatic rings. The summed E-state index contributed by atoms with van der Waals surface area (Å²) >= 11 is 0. The summed E-state index contributed by atoms with van der Waals surface area (Å²) in [5.74, 6) is 0. The van der Waals surface area contributed by atoms with E-state index in [1.54, 1.807) is 0 Å². The highest BCUT2D eigenvalue weighted by Gasteiger charge is 2.21. The van der Waals surface area contributed by atoms with Crippen molar-refractivity contribution in [3.05, 3.63) is 0 Å². The van der Waals surface area contributed by atoms with Crippen molar-refractivity contribution in [2.24, 2.45) is 0 Å². The van der Waals surface area contributed by atoms with Crippen molar-refractivity contribution in [1.29, 1.82) is 0 Å². The number of aliphatic hydroxyl groups is 1. The van der Waals surface area contributed by atoms with Crippen molar-refractivity contribution in [1.82, 2.24) is 15.1 Å². The van der Waals surface area contributed by atoms with Crippen LogP contribution in [0.15, 0.2) is 0 Å². The van der Waals surface area contributed by atoms with Gasteiger partial charge in [0.25, 0.3) is 0 Å². The molecule has 96 valence electrons. The van der Waals surface area contributed by atoms with Crippen molar-refractivity contribution in [3.63, 3.8) is 0 Å². The molecule has 1 aliphatic heterocycles. The van der Waals surface area contributed by atoms with Gasteiger partial charge in [0, 0.05) is 19.1 Å². The zero-order valence-electron chi connectivity index (χ0n) is 10.9. The van der Waals surface area contributed by atoms with E-state index in [1.165, 1.54) is 12.8 Å². The fourth-order valence-electron chi connectivity index (χ4n) is 2.29. The number of β-amino-alcohol motifs (C(OH)–C–C–N with tert-alkyl or cyclic N) is 1. The van der Waals surface area contributed by atoms with E-state index >= 15 is 0 Å². The van der Waals surface area contributed by atoms with Crippen LogP contribution in [0.4, 0.5) is 0 Å². The van der Waals surface area contributed by atoms with Crippen LogP contribution in [0.3, 0.4) is 0 Å². The molecule has 1 aliphatic rings. The minimum absolute atomic E-state index is 0.226. The standard InChI is InChI=1S/C12H27N3O/c1-4-13-9-12(16)10-15-7-5-11(6-8-15)14(2)3/h11-13,16H,4-10H2,1-3H3. The number of piperidine rings is 1. The maximum absolute atomic E-state index is 9.79. The summed E-state index contributed by atoms with van der Waals surface area (Å²) in [4.78, 5) is 4.69. The van der Waals surface area contributed by atoms with Crippen LogP contribution in [0.5, 0.6) is 0 Å². The molecule has 0 radical (unpaired) electrons. The Balaban J connectivity index is 2.16. The third kappa shape index (κ3) is 4.78. The number of aliphatic hydroxyl groups excluding tert-OH is 1. The van der Waals surface area contributed by atoms with Crippen LogP contribution >= 0.6 is 0 Å². The summed E-state index contributed by atoms with van der Waals surface area (Å²) in [6.07, 6.45) is 2.22. The van der Waals surface area contributed by atoms with E-state index in [-0.39, 0.29) is 6.10 Å². The zero-order chi connectivity index (χ0) is 12.0. The highest BCUT2D eigenvalue weighted by molar-refractivity contribution is 4.78. The lowest BCUT2D eigenvalue weighted by atomic mass is 10.0. The van der Waals surface area contributed by atoms with Gasteiger partial charge in [-0.3, -0.25) is 0 Å². The average molecular weight is 229 g/mol. The van der Waals surface area contributed by atoms with Gasteiger partial charge in [-0.2, -0.15) is 0 Å². The summed E-state index contributed by atoms with van der Waals surface area (Å²) < 4.78 is 0. The number of likely N-dealkylation sites (N-methyl/N-ethyl adjacent to an activating group) is 1. The maximum Gasteiger partial charge on any atom is 0.0791 e. The van der Waals surface area contributed by atoms with Crippen molar-refractivity contribution in [2.75, 3.05) is 46.8 Å². The first-order valence-corrected chi connectivity index (χ1v) is 6.41. The summed E-state index contributed by atoms with van der Waals surface area (Å²) in [6, 6.07) is 0.724. The lowest BCUT2D eigenvalue weighted by Crippen LogP contribution is -2.46. The van der Waals surface area contributed by atoms with Crippen LogP contribution in [-0.4, -0.2) is 73.9 Å². The number of hydrogen-bond acceptors (Lipinski definition) is 4. The second kappa shape index (κ2) is 7.22. The molecular formula is C12H27N3O. The van der Waals surface area contributed by atoms with Crippen LogP contribution in [0.1, 0.15) is 19.8 Å². The number of nitrogens with zero attached hydrogens (tertiary/aromatic N) is 2. The molecular weight excluding hydrogens is 202 g/mol. The molecule has 0 aromatic heterocycles. The first-order chi connectivity index (χ1) is 7.63. The lowest BCUT2D eigenvalue weighted by molar-refractivity contribution is 0.0799. The van der Waals surface area contributed by atoms with E-state index in [0.29, 0.717) is 6.54 Å². The minimum atomic E-state index is -0.226. The Labute approximate surface area is 99.6 Å². The maximum atomic E-state index is 9.79. The smallest absolute Gasteiger partial charge is 0.0791 e. The molecule has 1 atom stereocenters. The Morgan fingerprint density at radius 1 is 1.38 bits per heavy atom. The Hall–Kier alpha value is -0.160. The van der Waals surface area contributed by atoms with E-state index in [4.69, 9.17) is 0 Å². The molecule has 0 amide bonds. The van der Waals surface area contributed by atoms with Crippen molar-refractivity contribution in [3.8, 4) is 0 Å². The van der Waals surface area contributed by atoms with Crippen LogP contribution in [-0.2, 0) is 0 Å². The van der Waals surface area contributed by atoms with E-state index in [1.807, 2.05) is 0 Å². The third-order valence-electron chi connectivity index (χ3n) is 3.39. The van der Waals surface area contributed by atoms with Gasteiger partial charge in [-0.1, -0.05) is 6.92 Å². The molecule has 0 aromatic carbocycles. The number of likely N-dealkylation sites (tertiary alicyclic amines) is 1. The Bertz CT molecular complexity index is 179. The first kappa shape index (κ1) is 13.9. The normalized spacial score (nSPS) is 21.6. The highest BCUT2D eigenvalue weighted by Crippen LogP contribution is 2.14. The van der Waals surface area contributed by atoms with E-state index < -0.39 is 0 Å². The van der Waals surface area contributed by atoms with Gasteiger partial charge < -0.3 is 20.2 Å². The quantitative estimate of drug-likeness (QED) is 0.671. The second-order valence-corrected chi connectivity index (χ2v) is 4.96. The predicted molar refractivity (Wildman–Crippen MR) is 67.7 cm³/mol. The van der Waals surface area contributed by atoms with Gasteiger partial charge in [0.2, 0.25) is 0 Å². The molecule has 1 rings (SSSR count). The summed E-state index contributed by atoms with van der Waals surface area (Å²) in [7, 11) is 4.31. The molecule has 0 aliphatic carbocycles. The largest absolute Gasteiger partial charge is 0.390 e. The molecule has 2 N–H and O–H groups in total. The molecule has 0 saturated carbocycles. The van der Waals surface area contributed by atoms with Crippen LogP contribution in [0, 0.1) is 0 Å². The number of nitrogens with one attached hydrogen (secondary N) is 1. The van der Waals surface area contributed by atoms with E-state index in [9.17, 15) is 5.11 Å². The summed E-state index contributed by atoms with van der Waals surface area (Å²) in [5.41, 5.74) is 0. The van der Waals surface area contributed by atoms with Gasteiger partial charge in [-0.25, -0.2) is 0 Å². The fraction of sp³-hybridized carbons (Fsp3) is 1.00. The first-order valence-electron chi connectivity index (χ1n) is 6.41. The Kier molecular flexibility index (Phi) is 6.28. The van der Waals surface area contributed by atoms with Crippen molar-refractivity contribution < 1.29 is 5.11 Å². The second-order valence-electron chi connectivity index (χ2n) is 4.96. The average Bonchev–Trinajstić information content (AvgIpc) is 2.27. The summed E-state index contributed by atoms with van der Waals surface area (Å²) in [6.45, 7) is 6.75. The molecule has 4 nitrogen and oxygen atoms in total. The van der Waals surface area contributed by atoms with Gasteiger partial charge in [0.05, 0.1) is 6.10 Å². The molecule has 1 heterocycles. The van der Waals surface area contributed by atoms with Crippen molar-refractivity contribution in [2.45, 2.75) is 31.9 Å². The molecule has 1 unspecified atom stereocenters. The minimum Gasteiger partial charge on any atom is -0.390 e. The fourth-order valence-corrected chi connectivity index (χ4v) is 2.29. The van der Waals surface area contributed by atoms with E-state index in [0.717, 1.165) is 32.2 Å². The molecule has 1 saturated heterocycles. The molecule has 1 fully saturated rings. The SMILES string of the molecule is CCNCC(O)CN1CCC(N(C)C)CC1. The van der Waals surface area contributed by atoms with Crippen molar-refractivity contribution >= 4 is 0 Å². The number of rotatable bonds is 6. The van der Waals surface area contributed by atoms with Crippen LogP contribution < -0.4 is 5.32 Å². The molecule has 0 spiro atoms. The van der Waals surface area contributed by atoms with Gasteiger partial charge in [-0.15, -0.1) is 0 Å². The topological polar surface area (TPSA) is 38.7 Å². The number of hydrogen-bond donors (Lipinski definition) is 2. The highest BCUT2D eigenvalue weighted by atomic mass is 16.3. The zero-order valence-corrected chi connectivity index (χ0v) is 10.9. The third-order valence-corrected chi connectivity index (χ3v) is 3.39. The molecule has 0 bridgehead atoms. The van der Waals surface area contributed by atoms with Gasteiger partial charge >= 0.3 is 0 Å². The van der Waals surface area contributed by atoms with Gasteiger partial charge in [0.1, 0.15) is 0 Å². The van der Waals surface area contributed by atoms with Gasteiger partial charge in [-0.05, 0) is 46.6 Å². The van der Waals surface area contributed by atoms with Gasteiger partial charge in [0.15, 0.2) is 0 Å². The Morgan fingerprint density at radius 3 is 2.50 bits per heavy atom. The van der Waals surface area contributed by atoms with Crippen LogP contribution in [0.2, 0.25) is 0 Å². The lowest BCUT2D eigenvalue weighted by Gasteiger charge is -2.36. The molecule has 4 heteroatoms. The Morgan fingerprint density at radius 2 is 2.00 bits per heavy atom.